The van der Waals surface area contributed by atoms with E-state index in [2.05, 4.69) is 5.32 Å². The van der Waals surface area contributed by atoms with Gasteiger partial charge >= 0.3 is 11.9 Å². The number of carbonyl (C=O) groups is 4. The summed E-state index contributed by atoms with van der Waals surface area (Å²) in [6.45, 7) is 3.50. The highest BCUT2D eigenvalue weighted by molar-refractivity contribution is 8.01. The average molecular weight is 406 g/mol. The van der Waals surface area contributed by atoms with Crippen LogP contribution in [0.3, 0.4) is 0 Å². The molecule has 0 aromatic heterocycles. The number of hydrogen-bond acceptors (Lipinski definition) is 7. The smallest absolute Gasteiger partial charge is 0.338 e. The second-order valence-corrected chi connectivity index (χ2v) is 8.22. The Kier molecular flexibility index (Phi) is 5.93. The molecule has 0 unspecified atom stereocenters. The first-order chi connectivity index (χ1) is 13.3. The number of fused-ring (bicyclic) bond motifs is 1. The van der Waals surface area contributed by atoms with Crippen molar-refractivity contribution in [1.82, 2.24) is 4.90 Å². The van der Waals surface area contributed by atoms with Gasteiger partial charge in [-0.05, 0) is 44.5 Å². The van der Waals surface area contributed by atoms with Gasteiger partial charge in [-0.15, -0.1) is 11.8 Å². The number of amides is 2. The van der Waals surface area contributed by atoms with Crippen molar-refractivity contribution in [3.05, 3.63) is 29.8 Å². The largest absolute Gasteiger partial charge is 0.462 e. The summed E-state index contributed by atoms with van der Waals surface area (Å²) >= 11 is 1.57. The van der Waals surface area contributed by atoms with Crippen LogP contribution in [-0.4, -0.2) is 58.5 Å². The lowest BCUT2D eigenvalue weighted by atomic mass is 10.2. The van der Waals surface area contributed by atoms with Crippen LogP contribution in [0, 0.1) is 0 Å². The predicted molar refractivity (Wildman–Crippen MR) is 103 cm³/mol. The molecule has 1 N–H and O–H groups in total. The van der Waals surface area contributed by atoms with E-state index in [1.165, 1.54) is 12.1 Å². The molecule has 0 bridgehead atoms. The van der Waals surface area contributed by atoms with Gasteiger partial charge in [0, 0.05) is 17.9 Å². The van der Waals surface area contributed by atoms with E-state index < -0.39 is 30.5 Å². The van der Waals surface area contributed by atoms with Gasteiger partial charge in [-0.25, -0.2) is 9.59 Å². The van der Waals surface area contributed by atoms with Gasteiger partial charge in [-0.1, -0.05) is 0 Å². The van der Waals surface area contributed by atoms with Crippen LogP contribution in [0.5, 0.6) is 0 Å². The van der Waals surface area contributed by atoms with Gasteiger partial charge in [0.1, 0.15) is 6.04 Å². The SMILES string of the molecule is CCOC(=O)c1ccc(NC(=O)COC(=O)[C@@H]2CS[C@]3(C)CCC(=O)N23)cc1. The molecule has 8 nitrogen and oxygen atoms in total. The highest BCUT2D eigenvalue weighted by Gasteiger charge is 2.53. The molecule has 0 spiro atoms. The lowest BCUT2D eigenvalue weighted by Crippen LogP contribution is -2.47. The number of rotatable bonds is 6. The number of benzene rings is 1. The molecule has 2 amide bonds. The summed E-state index contributed by atoms with van der Waals surface area (Å²) in [5.74, 6) is -1.09. The zero-order chi connectivity index (χ0) is 20.3. The Hall–Kier alpha value is -2.55. The summed E-state index contributed by atoms with van der Waals surface area (Å²) in [5, 5.41) is 2.59. The molecule has 28 heavy (non-hydrogen) atoms. The minimum Gasteiger partial charge on any atom is -0.462 e. The fourth-order valence-corrected chi connectivity index (χ4v) is 4.75. The summed E-state index contributed by atoms with van der Waals surface area (Å²) in [4.78, 5) is 49.3. The molecule has 150 valence electrons. The van der Waals surface area contributed by atoms with Gasteiger partial charge in [-0.2, -0.15) is 0 Å². The van der Waals surface area contributed by atoms with Crippen molar-refractivity contribution in [2.24, 2.45) is 0 Å². The molecule has 3 rings (SSSR count). The summed E-state index contributed by atoms with van der Waals surface area (Å²) in [6, 6.07) is 5.55. The molecule has 2 saturated heterocycles. The van der Waals surface area contributed by atoms with Crippen molar-refractivity contribution >= 4 is 41.2 Å². The normalized spacial score (nSPS) is 23.3. The van der Waals surface area contributed by atoms with Crippen LogP contribution in [0.25, 0.3) is 0 Å². The van der Waals surface area contributed by atoms with Crippen molar-refractivity contribution in [3.63, 3.8) is 0 Å². The fraction of sp³-hybridized carbons (Fsp3) is 0.474. The zero-order valence-corrected chi connectivity index (χ0v) is 16.5. The molecule has 2 aliphatic rings. The predicted octanol–water partition coefficient (Wildman–Crippen LogP) is 1.80. The number of hydrogen-bond donors (Lipinski definition) is 1. The van der Waals surface area contributed by atoms with Crippen LogP contribution in [0.4, 0.5) is 5.69 Å². The lowest BCUT2D eigenvalue weighted by Gasteiger charge is -2.29. The van der Waals surface area contributed by atoms with E-state index in [0.29, 0.717) is 29.8 Å². The van der Waals surface area contributed by atoms with E-state index in [4.69, 9.17) is 9.47 Å². The Balaban J connectivity index is 1.50. The standard InChI is InChI=1S/C19H22N2O6S/c1-3-26-17(24)12-4-6-13(7-5-12)20-15(22)10-27-18(25)14-11-28-19(2)9-8-16(23)21(14)19/h4-7,14H,3,8-11H2,1-2H3,(H,20,22)/t14-,19+/m0/s1. The lowest BCUT2D eigenvalue weighted by molar-refractivity contribution is -0.155. The quantitative estimate of drug-likeness (QED) is 0.719. The van der Waals surface area contributed by atoms with Crippen LogP contribution in [0.1, 0.15) is 37.0 Å². The van der Waals surface area contributed by atoms with Crippen LogP contribution in [0.2, 0.25) is 0 Å². The number of carbonyl (C=O) groups excluding carboxylic acids is 4. The van der Waals surface area contributed by atoms with Gasteiger partial charge in [-0.3, -0.25) is 9.59 Å². The summed E-state index contributed by atoms with van der Waals surface area (Å²) < 4.78 is 10.0. The number of esters is 2. The minimum absolute atomic E-state index is 0.0550. The van der Waals surface area contributed by atoms with Crippen LogP contribution in [0.15, 0.2) is 24.3 Å². The Morgan fingerprint density at radius 3 is 2.64 bits per heavy atom. The van der Waals surface area contributed by atoms with Crippen LogP contribution < -0.4 is 5.32 Å². The number of nitrogens with zero attached hydrogens (tertiary/aromatic N) is 1. The van der Waals surface area contributed by atoms with E-state index in [-0.39, 0.29) is 17.4 Å². The van der Waals surface area contributed by atoms with Crippen molar-refractivity contribution < 1.29 is 28.7 Å². The van der Waals surface area contributed by atoms with Crippen molar-refractivity contribution in [1.29, 1.82) is 0 Å². The first-order valence-electron chi connectivity index (χ1n) is 9.04. The van der Waals surface area contributed by atoms with Crippen molar-refractivity contribution in [2.75, 3.05) is 24.3 Å². The third kappa shape index (κ3) is 4.14. The van der Waals surface area contributed by atoms with E-state index in [9.17, 15) is 19.2 Å². The van der Waals surface area contributed by atoms with E-state index in [1.807, 2.05) is 6.92 Å². The highest BCUT2D eigenvalue weighted by atomic mass is 32.2. The average Bonchev–Trinajstić information content (AvgIpc) is 3.16. The fourth-order valence-electron chi connectivity index (χ4n) is 3.33. The van der Waals surface area contributed by atoms with Crippen LogP contribution >= 0.6 is 11.8 Å². The van der Waals surface area contributed by atoms with Gasteiger partial charge in [0.15, 0.2) is 6.61 Å². The maximum atomic E-state index is 12.4. The summed E-state index contributed by atoms with van der Waals surface area (Å²) in [7, 11) is 0. The maximum Gasteiger partial charge on any atom is 0.338 e. The second kappa shape index (κ2) is 8.22. The van der Waals surface area contributed by atoms with E-state index in [0.717, 1.165) is 0 Å². The Labute approximate surface area is 166 Å². The Morgan fingerprint density at radius 1 is 1.25 bits per heavy atom. The summed E-state index contributed by atoms with van der Waals surface area (Å²) in [6.07, 6.45) is 1.14. The molecule has 1 aromatic rings. The van der Waals surface area contributed by atoms with Gasteiger partial charge in [0.2, 0.25) is 5.91 Å². The van der Waals surface area contributed by atoms with Gasteiger partial charge < -0.3 is 19.7 Å². The maximum absolute atomic E-state index is 12.4. The summed E-state index contributed by atoms with van der Waals surface area (Å²) in [5.41, 5.74) is 0.844. The monoisotopic (exact) mass is 406 g/mol. The molecule has 1 aromatic carbocycles. The highest BCUT2D eigenvalue weighted by Crippen LogP contribution is 2.47. The molecule has 0 radical (unpaired) electrons. The Bertz CT molecular complexity index is 796. The van der Waals surface area contributed by atoms with Crippen LogP contribution in [-0.2, 0) is 23.9 Å². The third-order valence-corrected chi connectivity index (χ3v) is 6.25. The van der Waals surface area contributed by atoms with Crippen molar-refractivity contribution in [2.45, 2.75) is 37.6 Å². The second-order valence-electron chi connectivity index (χ2n) is 6.72. The van der Waals surface area contributed by atoms with E-state index in [1.54, 1.807) is 35.7 Å². The molecule has 2 heterocycles. The zero-order valence-electron chi connectivity index (χ0n) is 15.7. The van der Waals surface area contributed by atoms with Gasteiger partial charge in [0.05, 0.1) is 17.0 Å². The molecule has 2 aliphatic heterocycles. The van der Waals surface area contributed by atoms with Crippen molar-refractivity contribution in [3.8, 4) is 0 Å². The minimum atomic E-state index is -0.651. The number of thioether (sulfide) groups is 1. The number of ether oxygens (including phenoxy) is 2. The van der Waals surface area contributed by atoms with Gasteiger partial charge in [0.25, 0.3) is 5.91 Å². The molecule has 2 atom stereocenters. The molecular weight excluding hydrogens is 384 g/mol. The molecule has 2 fully saturated rings. The molecular formula is C19H22N2O6S. The third-order valence-electron chi connectivity index (χ3n) is 4.74. The topological polar surface area (TPSA) is 102 Å². The number of nitrogens with one attached hydrogen (secondary N) is 1. The molecule has 0 aliphatic carbocycles. The molecule has 9 heteroatoms. The Morgan fingerprint density at radius 2 is 1.96 bits per heavy atom. The first-order valence-corrected chi connectivity index (χ1v) is 10.0. The first kappa shape index (κ1) is 20.2. The molecule has 0 saturated carbocycles. The number of anilines is 1. The van der Waals surface area contributed by atoms with E-state index >= 15 is 0 Å².